The number of nitrogens with zero attached hydrogens (tertiary/aromatic N) is 6. The van der Waals surface area contributed by atoms with Gasteiger partial charge in [-0.2, -0.15) is 10.2 Å². The lowest BCUT2D eigenvalue weighted by atomic mass is 10.1. The Balaban J connectivity index is 1.48. The van der Waals surface area contributed by atoms with Crippen LogP contribution in [0.25, 0.3) is 11.0 Å². The molecule has 0 radical (unpaired) electrons. The van der Waals surface area contributed by atoms with Crippen LogP contribution in [0.1, 0.15) is 63.0 Å². The van der Waals surface area contributed by atoms with Crippen LogP contribution in [0, 0.1) is 13.8 Å². The lowest BCUT2D eigenvalue weighted by Crippen LogP contribution is -2.28. The Morgan fingerprint density at radius 2 is 1.56 bits per heavy atom. The molecule has 0 saturated carbocycles. The molecule has 39 heavy (non-hydrogen) atoms. The van der Waals surface area contributed by atoms with Crippen LogP contribution < -0.4 is 21.1 Å². The minimum absolute atomic E-state index is 0.206. The summed E-state index contributed by atoms with van der Waals surface area (Å²) in [6.45, 7) is 9.26. The minimum atomic E-state index is -0.629. The Morgan fingerprint density at radius 3 is 2.15 bits per heavy atom. The topological polar surface area (TPSA) is 164 Å². The summed E-state index contributed by atoms with van der Waals surface area (Å²) in [6.07, 6.45) is 0.509. The molecule has 0 spiro atoms. The van der Waals surface area contributed by atoms with E-state index in [1.54, 1.807) is 45.2 Å². The van der Waals surface area contributed by atoms with Crippen LogP contribution in [-0.2, 0) is 20.1 Å². The van der Waals surface area contributed by atoms with Gasteiger partial charge in [-0.05, 0) is 58.4 Å². The molecule has 206 valence electrons. The molecule has 1 aromatic carbocycles. The summed E-state index contributed by atoms with van der Waals surface area (Å²) in [5.74, 6) is -0.531. The van der Waals surface area contributed by atoms with Crippen LogP contribution in [0.3, 0.4) is 0 Å². The number of aromatic nitrogens is 6. The van der Waals surface area contributed by atoms with Crippen molar-refractivity contribution in [3.63, 3.8) is 0 Å². The van der Waals surface area contributed by atoms with Crippen molar-refractivity contribution in [1.82, 2.24) is 34.4 Å². The van der Waals surface area contributed by atoms with Gasteiger partial charge in [0.1, 0.15) is 22.7 Å². The van der Waals surface area contributed by atoms with Gasteiger partial charge in [0.05, 0.1) is 23.5 Å². The number of nitrogens with one attached hydrogen (secondary N) is 2. The molecule has 13 heteroatoms. The molecular weight excluding hydrogens is 502 g/mol. The maximum atomic E-state index is 13.0. The smallest absolute Gasteiger partial charge is 0.276 e. The molecule has 0 fully saturated rings. The molecule has 3 amide bonds. The Hall–Kier alpha value is -4.68. The predicted molar refractivity (Wildman–Crippen MR) is 145 cm³/mol. The van der Waals surface area contributed by atoms with Crippen molar-refractivity contribution in [2.45, 2.75) is 47.2 Å². The molecule has 4 rings (SSSR count). The number of imidazole rings is 1. The zero-order valence-electron chi connectivity index (χ0n) is 22.7. The van der Waals surface area contributed by atoms with Crippen LogP contribution in [0.2, 0.25) is 0 Å². The summed E-state index contributed by atoms with van der Waals surface area (Å²) in [5, 5.41) is 14.3. The maximum absolute atomic E-state index is 13.0. The molecule has 3 heterocycles. The molecule has 4 aromatic rings. The number of carbonyl (C=O) groups is 3. The molecule has 0 aliphatic rings. The van der Waals surface area contributed by atoms with E-state index >= 15 is 0 Å². The third-order valence-corrected chi connectivity index (χ3v) is 6.18. The standard InChI is InChI=1S/C26H33N9O4/c1-6-34-19(11-15(3)31-34)24(37)28-9-8-10-39-21-14-17(23(27)36)13-18-22(21)33(5)26(29-18)30-25(38)20-12-16(4)32-35(20)7-2/h11-14H,6-10H2,1-5H3,(H2,27,36)(H,28,37)(H,29,30,38). The highest BCUT2D eigenvalue weighted by Gasteiger charge is 2.20. The van der Waals surface area contributed by atoms with Gasteiger partial charge in [-0.25, -0.2) is 4.98 Å². The third-order valence-electron chi connectivity index (χ3n) is 6.18. The fourth-order valence-electron chi connectivity index (χ4n) is 4.33. The van der Waals surface area contributed by atoms with Gasteiger partial charge in [0.15, 0.2) is 0 Å². The van der Waals surface area contributed by atoms with Crippen molar-refractivity contribution >= 4 is 34.7 Å². The van der Waals surface area contributed by atoms with Gasteiger partial charge in [0, 0.05) is 32.2 Å². The SMILES string of the molecule is CCn1nc(C)cc1C(=O)NCCCOc1cc(C(N)=O)cc2nc(NC(=O)c3cc(C)nn3CC)n(C)c12. The van der Waals surface area contributed by atoms with E-state index in [0.717, 1.165) is 11.4 Å². The third kappa shape index (κ3) is 5.76. The highest BCUT2D eigenvalue weighted by molar-refractivity contribution is 6.04. The number of hydrogen-bond donors (Lipinski definition) is 3. The van der Waals surface area contributed by atoms with Gasteiger partial charge < -0.3 is 20.4 Å². The maximum Gasteiger partial charge on any atom is 0.276 e. The van der Waals surface area contributed by atoms with E-state index in [-0.39, 0.29) is 29.9 Å². The Morgan fingerprint density at radius 1 is 0.949 bits per heavy atom. The van der Waals surface area contributed by atoms with Crippen molar-refractivity contribution in [2.75, 3.05) is 18.5 Å². The number of primary amides is 1. The van der Waals surface area contributed by atoms with E-state index in [2.05, 4.69) is 25.8 Å². The average Bonchev–Trinajstić information content (AvgIpc) is 3.57. The van der Waals surface area contributed by atoms with Gasteiger partial charge >= 0.3 is 0 Å². The van der Waals surface area contributed by atoms with Crippen molar-refractivity contribution < 1.29 is 19.1 Å². The van der Waals surface area contributed by atoms with Crippen molar-refractivity contribution in [3.8, 4) is 5.75 Å². The molecule has 3 aromatic heterocycles. The van der Waals surface area contributed by atoms with E-state index in [1.807, 2.05) is 27.7 Å². The molecule has 0 atom stereocenters. The number of nitrogens with two attached hydrogens (primary N) is 1. The monoisotopic (exact) mass is 535 g/mol. The molecule has 13 nitrogen and oxygen atoms in total. The van der Waals surface area contributed by atoms with E-state index in [9.17, 15) is 14.4 Å². The number of ether oxygens (including phenoxy) is 1. The Kier molecular flexibility index (Phi) is 7.98. The molecular formula is C26H33N9O4. The Labute approximate surface area is 225 Å². The van der Waals surface area contributed by atoms with Crippen LogP contribution in [-0.4, -0.2) is 60.0 Å². The second-order valence-electron chi connectivity index (χ2n) is 9.09. The van der Waals surface area contributed by atoms with E-state index in [4.69, 9.17) is 10.5 Å². The molecule has 0 bridgehead atoms. The first-order valence-corrected chi connectivity index (χ1v) is 12.7. The van der Waals surface area contributed by atoms with Crippen LogP contribution in [0.5, 0.6) is 5.75 Å². The van der Waals surface area contributed by atoms with Crippen molar-refractivity contribution in [1.29, 1.82) is 0 Å². The Bertz CT molecular complexity index is 1550. The number of hydrogen-bond acceptors (Lipinski definition) is 7. The van der Waals surface area contributed by atoms with E-state index in [0.29, 0.717) is 54.2 Å². The number of benzene rings is 1. The normalized spacial score (nSPS) is 11.1. The first-order chi connectivity index (χ1) is 18.6. The molecule has 0 unspecified atom stereocenters. The van der Waals surface area contributed by atoms with Crippen LogP contribution in [0.4, 0.5) is 5.95 Å². The largest absolute Gasteiger partial charge is 0.491 e. The minimum Gasteiger partial charge on any atom is -0.491 e. The van der Waals surface area contributed by atoms with Gasteiger partial charge in [-0.3, -0.25) is 29.1 Å². The van der Waals surface area contributed by atoms with E-state index in [1.165, 1.54) is 0 Å². The lowest BCUT2D eigenvalue weighted by Gasteiger charge is -2.11. The van der Waals surface area contributed by atoms with Crippen LogP contribution in [0.15, 0.2) is 24.3 Å². The van der Waals surface area contributed by atoms with E-state index < -0.39 is 5.91 Å². The zero-order chi connectivity index (χ0) is 28.3. The van der Waals surface area contributed by atoms with Gasteiger partial charge in [0.2, 0.25) is 11.9 Å². The second kappa shape index (κ2) is 11.4. The summed E-state index contributed by atoms with van der Waals surface area (Å²) < 4.78 is 11.0. The summed E-state index contributed by atoms with van der Waals surface area (Å²) in [7, 11) is 1.74. The number of rotatable bonds is 11. The summed E-state index contributed by atoms with van der Waals surface area (Å²) in [5.41, 5.74) is 9.22. The number of anilines is 1. The highest BCUT2D eigenvalue weighted by Crippen LogP contribution is 2.30. The zero-order valence-corrected chi connectivity index (χ0v) is 22.7. The quantitative estimate of drug-likeness (QED) is 0.248. The highest BCUT2D eigenvalue weighted by atomic mass is 16.5. The number of aryl methyl sites for hydroxylation is 5. The first kappa shape index (κ1) is 27.4. The molecule has 4 N–H and O–H groups in total. The fourth-order valence-corrected chi connectivity index (χ4v) is 4.33. The molecule has 0 aliphatic carbocycles. The number of carbonyl (C=O) groups excluding carboxylic acids is 3. The second-order valence-corrected chi connectivity index (χ2v) is 9.09. The number of amides is 3. The predicted octanol–water partition coefficient (Wildman–Crippen LogP) is 2.17. The molecule has 0 saturated heterocycles. The molecule has 0 aliphatic heterocycles. The fraction of sp³-hybridized carbons (Fsp3) is 0.385. The van der Waals surface area contributed by atoms with Crippen LogP contribution >= 0.6 is 0 Å². The summed E-state index contributed by atoms with van der Waals surface area (Å²) in [6, 6.07) is 6.56. The van der Waals surface area contributed by atoms with Gasteiger partial charge in [0.25, 0.3) is 11.8 Å². The van der Waals surface area contributed by atoms with Crippen molar-refractivity contribution in [3.05, 3.63) is 52.6 Å². The van der Waals surface area contributed by atoms with Gasteiger partial charge in [-0.1, -0.05) is 0 Å². The number of fused-ring (bicyclic) bond motifs is 1. The van der Waals surface area contributed by atoms with Gasteiger partial charge in [-0.15, -0.1) is 0 Å². The van der Waals surface area contributed by atoms with Crippen molar-refractivity contribution in [2.24, 2.45) is 12.8 Å². The summed E-state index contributed by atoms with van der Waals surface area (Å²) in [4.78, 5) is 42.0. The lowest BCUT2D eigenvalue weighted by molar-refractivity contribution is 0.0938. The average molecular weight is 536 g/mol. The summed E-state index contributed by atoms with van der Waals surface area (Å²) >= 11 is 0. The first-order valence-electron chi connectivity index (χ1n) is 12.7.